The molecule has 9 heteroatoms. The predicted molar refractivity (Wildman–Crippen MR) is 100.0 cm³/mol. The molecule has 1 fully saturated rings. The van der Waals surface area contributed by atoms with Crippen LogP contribution in [-0.4, -0.2) is 32.1 Å². The molecule has 0 atom stereocenters. The standard InChI is InChI=1S/C19H15N5O4/c25-18(13-6-9-17(28-14-7-8-14)16(10-13)24(26)27)21-19-20-11-15(22-23-19)12-4-2-1-3-5-12/h1-6,9-11,14H,7-8H2,(H,20,21,23,25). The van der Waals surface area contributed by atoms with Crippen LogP contribution in [0.2, 0.25) is 0 Å². The number of nitrogens with one attached hydrogen (secondary N) is 1. The Morgan fingerprint density at radius 1 is 1.14 bits per heavy atom. The van der Waals surface area contributed by atoms with Gasteiger partial charge in [0, 0.05) is 17.2 Å². The van der Waals surface area contributed by atoms with E-state index in [-0.39, 0.29) is 29.1 Å². The number of amides is 1. The Morgan fingerprint density at radius 3 is 2.57 bits per heavy atom. The van der Waals surface area contributed by atoms with Gasteiger partial charge in [-0.3, -0.25) is 20.2 Å². The Morgan fingerprint density at radius 2 is 1.93 bits per heavy atom. The number of benzene rings is 2. The minimum atomic E-state index is -0.574. The quantitative estimate of drug-likeness (QED) is 0.517. The molecule has 0 bridgehead atoms. The maximum Gasteiger partial charge on any atom is 0.311 e. The number of anilines is 1. The van der Waals surface area contributed by atoms with E-state index in [0.29, 0.717) is 5.69 Å². The van der Waals surface area contributed by atoms with Crippen molar-refractivity contribution in [1.29, 1.82) is 0 Å². The van der Waals surface area contributed by atoms with E-state index in [0.717, 1.165) is 18.4 Å². The number of hydrogen-bond acceptors (Lipinski definition) is 7. The molecule has 1 aromatic heterocycles. The van der Waals surface area contributed by atoms with Crippen molar-refractivity contribution < 1.29 is 14.5 Å². The number of nitrogens with zero attached hydrogens (tertiary/aromatic N) is 4. The summed E-state index contributed by atoms with van der Waals surface area (Å²) < 4.78 is 5.52. The molecule has 0 aliphatic heterocycles. The highest BCUT2D eigenvalue weighted by atomic mass is 16.6. The summed E-state index contributed by atoms with van der Waals surface area (Å²) in [6.07, 6.45) is 3.26. The zero-order valence-corrected chi connectivity index (χ0v) is 14.6. The lowest BCUT2D eigenvalue weighted by Crippen LogP contribution is -2.15. The van der Waals surface area contributed by atoms with Gasteiger partial charge < -0.3 is 4.74 Å². The van der Waals surface area contributed by atoms with Crippen molar-refractivity contribution >= 4 is 17.5 Å². The highest BCUT2D eigenvalue weighted by Crippen LogP contribution is 2.34. The fourth-order valence-electron chi connectivity index (χ4n) is 2.51. The average molecular weight is 377 g/mol. The van der Waals surface area contributed by atoms with E-state index in [1.165, 1.54) is 24.4 Å². The van der Waals surface area contributed by atoms with Gasteiger partial charge in [0.15, 0.2) is 5.75 Å². The first-order chi connectivity index (χ1) is 13.6. The number of rotatable bonds is 6. The van der Waals surface area contributed by atoms with Crippen molar-refractivity contribution in [3.8, 4) is 17.0 Å². The first-order valence-corrected chi connectivity index (χ1v) is 8.62. The van der Waals surface area contributed by atoms with Gasteiger partial charge in [-0.2, -0.15) is 0 Å². The maximum atomic E-state index is 12.4. The summed E-state index contributed by atoms with van der Waals surface area (Å²) in [5.41, 5.74) is 1.27. The molecule has 28 heavy (non-hydrogen) atoms. The van der Waals surface area contributed by atoms with Crippen LogP contribution in [0.25, 0.3) is 11.3 Å². The average Bonchev–Trinajstić information content (AvgIpc) is 3.53. The van der Waals surface area contributed by atoms with Crippen molar-refractivity contribution in [2.75, 3.05) is 5.32 Å². The molecule has 3 aromatic rings. The van der Waals surface area contributed by atoms with Gasteiger partial charge in [-0.05, 0) is 25.0 Å². The lowest BCUT2D eigenvalue weighted by molar-refractivity contribution is -0.386. The second kappa shape index (κ2) is 7.39. The normalized spacial score (nSPS) is 13.0. The van der Waals surface area contributed by atoms with Crippen LogP contribution in [0.3, 0.4) is 0 Å². The van der Waals surface area contributed by atoms with Gasteiger partial charge in [0.05, 0.1) is 17.2 Å². The summed E-state index contributed by atoms with van der Waals surface area (Å²) in [5, 5.41) is 21.7. The highest BCUT2D eigenvalue weighted by Gasteiger charge is 2.28. The van der Waals surface area contributed by atoms with Crippen LogP contribution >= 0.6 is 0 Å². The summed E-state index contributed by atoms with van der Waals surface area (Å²) in [5.74, 6) is -0.407. The van der Waals surface area contributed by atoms with E-state index in [2.05, 4.69) is 20.5 Å². The minimum Gasteiger partial charge on any atom is -0.483 e. The molecule has 0 radical (unpaired) electrons. The molecular weight excluding hydrogens is 362 g/mol. The molecule has 1 heterocycles. The fraction of sp³-hybridized carbons (Fsp3) is 0.158. The van der Waals surface area contributed by atoms with Crippen LogP contribution in [-0.2, 0) is 0 Å². The summed E-state index contributed by atoms with van der Waals surface area (Å²) in [6, 6.07) is 13.4. The molecule has 2 aromatic carbocycles. The molecule has 0 saturated heterocycles. The molecule has 0 unspecified atom stereocenters. The highest BCUT2D eigenvalue weighted by molar-refractivity contribution is 6.03. The van der Waals surface area contributed by atoms with E-state index >= 15 is 0 Å². The Balaban J connectivity index is 1.50. The topological polar surface area (TPSA) is 120 Å². The molecular formula is C19H15N5O4. The van der Waals surface area contributed by atoms with Crippen LogP contribution in [0.4, 0.5) is 11.6 Å². The van der Waals surface area contributed by atoms with Gasteiger partial charge in [0.2, 0.25) is 5.95 Å². The number of ether oxygens (including phenoxy) is 1. The third-order valence-corrected chi connectivity index (χ3v) is 4.09. The van der Waals surface area contributed by atoms with Crippen molar-refractivity contribution in [1.82, 2.24) is 15.2 Å². The Bertz CT molecular complexity index is 1020. The van der Waals surface area contributed by atoms with Crippen molar-refractivity contribution in [2.45, 2.75) is 18.9 Å². The van der Waals surface area contributed by atoms with Crippen LogP contribution in [0.5, 0.6) is 5.75 Å². The lowest BCUT2D eigenvalue weighted by atomic mass is 10.1. The SMILES string of the molecule is O=C(Nc1ncc(-c2ccccc2)nn1)c1ccc(OC2CC2)c([N+](=O)[O-])c1. The van der Waals surface area contributed by atoms with Gasteiger partial charge in [-0.25, -0.2) is 4.98 Å². The number of nitro groups is 1. The number of nitro benzene ring substituents is 1. The van der Waals surface area contributed by atoms with E-state index in [9.17, 15) is 14.9 Å². The summed E-state index contributed by atoms with van der Waals surface area (Å²) >= 11 is 0. The molecule has 0 spiro atoms. The summed E-state index contributed by atoms with van der Waals surface area (Å²) in [6.45, 7) is 0. The van der Waals surface area contributed by atoms with E-state index in [1.54, 1.807) is 0 Å². The summed E-state index contributed by atoms with van der Waals surface area (Å²) in [4.78, 5) is 27.2. The predicted octanol–water partition coefficient (Wildman–Crippen LogP) is 3.24. The number of hydrogen-bond donors (Lipinski definition) is 1. The number of aromatic nitrogens is 3. The largest absolute Gasteiger partial charge is 0.483 e. The van der Waals surface area contributed by atoms with Crippen LogP contribution in [0, 0.1) is 10.1 Å². The number of carbonyl (C=O) groups excluding carboxylic acids is 1. The van der Waals surface area contributed by atoms with E-state index in [1.807, 2.05) is 30.3 Å². The first-order valence-electron chi connectivity index (χ1n) is 8.62. The third kappa shape index (κ3) is 3.93. The molecule has 4 rings (SSSR count). The second-order valence-electron chi connectivity index (χ2n) is 6.24. The van der Waals surface area contributed by atoms with Gasteiger partial charge in [0.25, 0.3) is 5.91 Å². The minimum absolute atomic E-state index is 0.00522. The second-order valence-corrected chi connectivity index (χ2v) is 6.24. The van der Waals surface area contributed by atoms with Gasteiger partial charge >= 0.3 is 5.69 Å². The monoisotopic (exact) mass is 377 g/mol. The molecule has 1 aliphatic rings. The van der Waals surface area contributed by atoms with Crippen LogP contribution in [0.1, 0.15) is 23.2 Å². The zero-order chi connectivity index (χ0) is 19.5. The lowest BCUT2D eigenvalue weighted by Gasteiger charge is -2.07. The summed E-state index contributed by atoms with van der Waals surface area (Å²) in [7, 11) is 0. The maximum absolute atomic E-state index is 12.4. The van der Waals surface area contributed by atoms with Gasteiger partial charge in [-0.1, -0.05) is 30.3 Å². The zero-order valence-electron chi connectivity index (χ0n) is 14.6. The third-order valence-electron chi connectivity index (χ3n) is 4.09. The first kappa shape index (κ1) is 17.5. The molecule has 1 saturated carbocycles. The molecule has 1 aliphatic carbocycles. The molecule has 140 valence electrons. The fourth-order valence-corrected chi connectivity index (χ4v) is 2.51. The van der Waals surface area contributed by atoms with E-state index in [4.69, 9.17) is 4.74 Å². The van der Waals surface area contributed by atoms with Crippen molar-refractivity contribution in [2.24, 2.45) is 0 Å². The van der Waals surface area contributed by atoms with Crippen LogP contribution < -0.4 is 10.1 Å². The number of carbonyl (C=O) groups is 1. The van der Waals surface area contributed by atoms with E-state index < -0.39 is 10.8 Å². The molecule has 9 nitrogen and oxygen atoms in total. The van der Waals surface area contributed by atoms with Gasteiger partial charge in [0.1, 0.15) is 5.69 Å². The Hall–Kier alpha value is -3.88. The molecule has 1 N–H and O–H groups in total. The van der Waals surface area contributed by atoms with Crippen LogP contribution in [0.15, 0.2) is 54.7 Å². The Labute approximate surface area is 159 Å². The van der Waals surface area contributed by atoms with Crippen molar-refractivity contribution in [3.63, 3.8) is 0 Å². The Kier molecular flexibility index (Phi) is 4.63. The van der Waals surface area contributed by atoms with Crippen molar-refractivity contribution in [3.05, 3.63) is 70.4 Å². The molecule has 1 amide bonds. The van der Waals surface area contributed by atoms with Gasteiger partial charge in [-0.15, -0.1) is 10.2 Å². The smallest absolute Gasteiger partial charge is 0.311 e.